The summed E-state index contributed by atoms with van der Waals surface area (Å²) in [7, 11) is 0. The second-order valence-electron chi connectivity index (χ2n) is 7.26. The van der Waals surface area contributed by atoms with Crippen molar-refractivity contribution in [3.05, 3.63) is 36.5 Å². The Morgan fingerprint density at radius 2 is 1.96 bits per heavy atom. The molecule has 1 saturated heterocycles. The fraction of sp³-hybridized carbons (Fsp3) is 0.550. The van der Waals surface area contributed by atoms with E-state index >= 15 is 0 Å². The molecule has 0 amide bonds. The van der Waals surface area contributed by atoms with Gasteiger partial charge >= 0.3 is 5.97 Å². The monoisotopic (exact) mass is 387 g/mol. The van der Waals surface area contributed by atoms with Gasteiger partial charge in [-0.15, -0.1) is 5.10 Å². The smallest absolute Gasteiger partial charge is 0.309 e. The molecule has 2 fully saturated rings. The maximum Gasteiger partial charge on any atom is 0.309 e. The molecular weight excluding hydrogens is 362 g/mol. The SMILES string of the molecule is CC(COc1cnnn1-c1ccccc1)OC(=O)C1CCC2(CC1)OCCO2. The quantitative estimate of drug-likeness (QED) is 0.704. The molecule has 1 unspecified atom stereocenters. The number of aromatic nitrogens is 3. The third-order valence-electron chi connectivity index (χ3n) is 5.20. The summed E-state index contributed by atoms with van der Waals surface area (Å²) in [5.41, 5.74) is 0.854. The largest absolute Gasteiger partial charge is 0.473 e. The van der Waals surface area contributed by atoms with Gasteiger partial charge in [-0.2, -0.15) is 4.68 Å². The zero-order chi connectivity index (χ0) is 19.4. The van der Waals surface area contributed by atoms with Crippen molar-refractivity contribution < 1.29 is 23.7 Å². The molecule has 1 spiro atoms. The summed E-state index contributed by atoms with van der Waals surface area (Å²) in [6.07, 6.45) is 4.08. The molecule has 2 aromatic rings. The molecule has 1 aliphatic heterocycles. The molecule has 28 heavy (non-hydrogen) atoms. The molecule has 8 nitrogen and oxygen atoms in total. The molecule has 0 N–H and O–H groups in total. The number of hydrogen-bond acceptors (Lipinski definition) is 7. The third-order valence-corrected chi connectivity index (χ3v) is 5.20. The summed E-state index contributed by atoms with van der Waals surface area (Å²) in [6, 6.07) is 9.60. The number of benzene rings is 1. The number of para-hydroxylation sites is 1. The van der Waals surface area contributed by atoms with Crippen LogP contribution in [0.25, 0.3) is 5.69 Å². The van der Waals surface area contributed by atoms with E-state index < -0.39 is 5.79 Å². The number of rotatable bonds is 6. The highest BCUT2D eigenvalue weighted by Gasteiger charge is 2.42. The predicted octanol–water partition coefficient (Wildman–Crippen LogP) is 2.51. The first-order valence-corrected chi connectivity index (χ1v) is 9.72. The van der Waals surface area contributed by atoms with Crippen LogP contribution in [-0.4, -0.2) is 52.7 Å². The number of nitrogens with zero attached hydrogens (tertiary/aromatic N) is 3. The number of hydrogen-bond donors (Lipinski definition) is 0. The molecule has 1 aromatic carbocycles. The molecule has 0 radical (unpaired) electrons. The second-order valence-corrected chi connectivity index (χ2v) is 7.26. The Labute approximate surface area is 163 Å². The Morgan fingerprint density at radius 3 is 2.68 bits per heavy atom. The van der Waals surface area contributed by atoms with Gasteiger partial charge in [-0.3, -0.25) is 4.79 Å². The summed E-state index contributed by atoms with van der Waals surface area (Å²) in [5, 5.41) is 7.95. The molecule has 4 rings (SSSR count). The molecular formula is C20H25N3O5. The average Bonchev–Trinajstić information content (AvgIpc) is 3.37. The summed E-state index contributed by atoms with van der Waals surface area (Å²) in [4.78, 5) is 12.5. The lowest BCUT2D eigenvalue weighted by molar-refractivity contribution is -0.189. The Balaban J connectivity index is 1.26. The van der Waals surface area contributed by atoms with Crippen LogP contribution < -0.4 is 4.74 Å². The summed E-state index contributed by atoms with van der Waals surface area (Å²) < 4.78 is 24.4. The van der Waals surface area contributed by atoms with Crippen LogP contribution in [0, 0.1) is 5.92 Å². The molecule has 8 heteroatoms. The van der Waals surface area contributed by atoms with Crippen molar-refractivity contribution in [3.63, 3.8) is 0 Å². The number of carbonyl (C=O) groups excluding carboxylic acids is 1. The van der Waals surface area contributed by atoms with Crippen molar-refractivity contribution in [2.75, 3.05) is 19.8 Å². The third kappa shape index (κ3) is 4.18. The Hall–Kier alpha value is -2.45. The van der Waals surface area contributed by atoms with E-state index in [1.807, 2.05) is 37.3 Å². The van der Waals surface area contributed by atoms with Crippen LogP contribution in [0.2, 0.25) is 0 Å². The molecule has 150 valence electrons. The summed E-state index contributed by atoms with van der Waals surface area (Å²) in [6.45, 7) is 3.33. The highest BCUT2D eigenvalue weighted by atomic mass is 16.7. The zero-order valence-electron chi connectivity index (χ0n) is 16.0. The molecule has 1 aliphatic carbocycles. The molecule has 2 aliphatic rings. The van der Waals surface area contributed by atoms with Gasteiger partial charge in [-0.25, -0.2) is 0 Å². The Bertz CT molecular complexity index is 778. The van der Waals surface area contributed by atoms with Gasteiger partial charge in [0, 0.05) is 12.8 Å². The summed E-state index contributed by atoms with van der Waals surface area (Å²) >= 11 is 0. The van der Waals surface area contributed by atoms with Crippen molar-refractivity contribution in [1.29, 1.82) is 0 Å². The highest BCUT2D eigenvalue weighted by molar-refractivity contribution is 5.72. The molecule has 1 atom stereocenters. The van der Waals surface area contributed by atoms with Crippen molar-refractivity contribution in [2.45, 2.75) is 44.5 Å². The van der Waals surface area contributed by atoms with Crippen molar-refractivity contribution in [1.82, 2.24) is 15.0 Å². The lowest BCUT2D eigenvalue weighted by Gasteiger charge is -2.34. The Kier molecular flexibility index (Phi) is 5.59. The van der Waals surface area contributed by atoms with Crippen molar-refractivity contribution in [3.8, 4) is 11.6 Å². The molecule has 1 aromatic heterocycles. The zero-order valence-corrected chi connectivity index (χ0v) is 16.0. The normalized spacial score (nSPS) is 20.2. The number of carbonyl (C=O) groups is 1. The van der Waals surface area contributed by atoms with E-state index in [-0.39, 0.29) is 24.6 Å². The maximum atomic E-state index is 12.5. The maximum absolute atomic E-state index is 12.5. The van der Waals surface area contributed by atoms with Crippen LogP contribution in [0.15, 0.2) is 36.5 Å². The van der Waals surface area contributed by atoms with Crippen LogP contribution >= 0.6 is 0 Å². The standard InChI is InChI=1S/C20H25N3O5/c1-15(14-25-18-13-21-22-23(18)17-5-3-2-4-6-17)28-19(24)16-7-9-20(10-8-16)26-11-12-27-20/h2-6,13,15-16H,7-12,14H2,1H3. The van der Waals surface area contributed by atoms with Crippen LogP contribution in [-0.2, 0) is 19.0 Å². The minimum Gasteiger partial charge on any atom is -0.473 e. The van der Waals surface area contributed by atoms with E-state index in [4.69, 9.17) is 18.9 Å². The van der Waals surface area contributed by atoms with Crippen LogP contribution in [0.1, 0.15) is 32.6 Å². The molecule has 1 saturated carbocycles. The van der Waals surface area contributed by atoms with Gasteiger partial charge in [0.25, 0.3) is 0 Å². The predicted molar refractivity (Wildman–Crippen MR) is 99.0 cm³/mol. The van der Waals surface area contributed by atoms with Gasteiger partial charge in [-0.05, 0) is 31.9 Å². The van der Waals surface area contributed by atoms with E-state index in [9.17, 15) is 4.79 Å². The fourth-order valence-electron chi connectivity index (χ4n) is 3.68. The van der Waals surface area contributed by atoms with Crippen LogP contribution in [0.3, 0.4) is 0 Å². The van der Waals surface area contributed by atoms with Crippen molar-refractivity contribution in [2.24, 2.45) is 5.92 Å². The van der Waals surface area contributed by atoms with Gasteiger partial charge in [0.1, 0.15) is 18.9 Å². The van der Waals surface area contributed by atoms with E-state index in [1.54, 1.807) is 10.9 Å². The Morgan fingerprint density at radius 1 is 1.25 bits per heavy atom. The second kappa shape index (κ2) is 8.28. The minimum atomic E-state index is -0.464. The topological polar surface area (TPSA) is 84.7 Å². The molecule has 0 bridgehead atoms. The summed E-state index contributed by atoms with van der Waals surface area (Å²) in [5.74, 6) is -0.255. The van der Waals surface area contributed by atoms with E-state index in [2.05, 4.69) is 10.3 Å². The lowest BCUT2D eigenvalue weighted by Crippen LogP contribution is -2.38. The van der Waals surface area contributed by atoms with E-state index in [0.717, 1.165) is 31.4 Å². The van der Waals surface area contributed by atoms with Gasteiger partial charge in [0.15, 0.2) is 5.79 Å². The first-order valence-electron chi connectivity index (χ1n) is 9.72. The van der Waals surface area contributed by atoms with E-state index in [0.29, 0.717) is 19.1 Å². The first-order chi connectivity index (χ1) is 13.7. The van der Waals surface area contributed by atoms with Crippen molar-refractivity contribution >= 4 is 5.97 Å². The average molecular weight is 387 g/mol. The lowest BCUT2D eigenvalue weighted by atomic mass is 9.85. The van der Waals surface area contributed by atoms with Crippen LogP contribution in [0.5, 0.6) is 5.88 Å². The first kappa shape index (κ1) is 18.9. The van der Waals surface area contributed by atoms with Gasteiger partial charge in [0.2, 0.25) is 5.88 Å². The van der Waals surface area contributed by atoms with Crippen LogP contribution in [0.4, 0.5) is 0 Å². The van der Waals surface area contributed by atoms with Gasteiger partial charge < -0.3 is 18.9 Å². The minimum absolute atomic E-state index is 0.114. The number of esters is 1. The number of ether oxygens (including phenoxy) is 4. The van der Waals surface area contributed by atoms with E-state index in [1.165, 1.54) is 0 Å². The fourth-order valence-corrected chi connectivity index (χ4v) is 3.68. The van der Waals surface area contributed by atoms with Gasteiger partial charge in [0.05, 0.1) is 24.8 Å². The molecule has 2 heterocycles. The van der Waals surface area contributed by atoms with Gasteiger partial charge in [-0.1, -0.05) is 23.4 Å². The highest BCUT2D eigenvalue weighted by Crippen LogP contribution is 2.38.